The van der Waals surface area contributed by atoms with E-state index >= 15 is 0 Å². The Bertz CT molecular complexity index is 659. The number of rotatable bonds is 4. The Morgan fingerprint density at radius 1 is 1.32 bits per heavy atom. The van der Waals surface area contributed by atoms with Crippen molar-refractivity contribution < 1.29 is 13.5 Å². The van der Waals surface area contributed by atoms with Crippen molar-refractivity contribution in [3.8, 4) is 0 Å². The zero-order valence-electron chi connectivity index (χ0n) is 10.1. The lowest BCUT2D eigenvalue weighted by molar-refractivity contribution is 0.199. The van der Waals surface area contributed by atoms with Crippen molar-refractivity contribution in [2.24, 2.45) is 0 Å². The second-order valence-electron chi connectivity index (χ2n) is 3.82. The number of aromatic nitrogens is 3. The van der Waals surface area contributed by atoms with Gasteiger partial charge >= 0.3 is 0 Å². The first-order chi connectivity index (χ1) is 8.99. The lowest BCUT2D eigenvalue weighted by Gasteiger charge is -2.09. The highest BCUT2D eigenvalue weighted by Gasteiger charge is 2.16. The minimum absolute atomic E-state index is 0.0263. The summed E-state index contributed by atoms with van der Waals surface area (Å²) in [5, 5.41) is 16.5. The second kappa shape index (κ2) is 5.29. The van der Waals surface area contributed by atoms with Gasteiger partial charge in [0.2, 0.25) is 0 Å². The molecule has 100 valence electrons. The Labute approximate surface area is 110 Å². The first-order valence-corrected chi connectivity index (χ1v) is 6.92. The average Bonchev–Trinajstić information content (AvgIpc) is 2.39. The Balaban J connectivity index is 2.32. The molecule has 0 aliphatic rings. The molecule has 0 aliphatic carbocycles. The fourth-order valence-electron chi connectivity index (χ4n) is 1.42. The molecule has 2 N–H and O–H groups in total. The molecule has 2 rings (SSSR count). The van der Waals surface area contributed by atoms with Gasteiger partial charge in [0.1, 0.15) is 0 Å². The number of nitrogens with one attached hydrogen (secondary N) is 1. The van der Waals surface area contributed by atoms with Crippen LogP contribution in [0.5, 0.6) is 0 Å². The van der Waals surface area contributed by atoms with Gasteiger partial charge < -0.3 is 5.11 Å². The van der Waals surface area contributed by atoms with E-state index in [1.807, 2.05) is 0 Å². The van der Waals surface area contributed by atoms with E-state index in [9.17, 15) is 13.5 Å². The molecule has 1 atom stereocenters. The fraction of sp³-hybridized carbons (Fsp3) is 0.182. The van der Waals surface area contributed by atoms with Crippen LogP contribution < -0.4 is 4.72 Å². The van der Waals surface area contributed by atoms with Gasteiger partial charge in [-0.05, 0) is 24.6 Å². The standard InChI is InChI=1S/C11H12N4O3S/c1-8(16)9-3-2-4-10(7-9)19(17,18)15-11-12-5-6-13-14-11/h2-8,16H,1H3,(H,12,14,15). The summed E-state index contributed by atoms with van der Waals surface area (Å²) in [5.74, 6) is -0.107. The highest BCUT2D eigenvalue weighted by atomic mass is 32.2. The van der Waals surface area contributed by atoms with Gasteiger partial charge in [-0.2, -0.15) is 5.10 Å². The molecule has 1 aromatic carbocycles. The molecule has 1 unspecified atom stereocenters. The Kier molecular flexibility index (Phi) is 3.72. The molecule has 0 aliphatic heterocycles. The topological polar surface area (TPSA) is 105 Å². The van der Waals surface area contributed by atoms with Crippen LogP contribution in [-0.2, 0) is 10.0 Å². The molecular weight excluding hydrogens is 268 g/mol. The number of benzene rings is 1. The van der Waals surface area contributed by atoms with Gasteiger partial charge in [-0.15, -0.1) is 5.10 Å². The third kappa shape index (κ3) is 3.24. The van der Waals surface area contributed by atoms with E-state index in [1.165, 1.54) is 24.5 Å². The number of aliphatic hydroxyl groups excluding tert-OH is 1. The van der Waals surface area contributed by atoms with E-state index in [2.05, 4.69) is 19.9 Å². The van der Waals surface area contributed by atoms with Crippen molar-refractivity contribution in [3.05, 3.63) is 42.2 Å². The number of sulfonamides is 1. The van der Waals surface area contributed by atoms with Crippen molar-refractivity contribution >= 4 is 16.0 Å². The maximum Gasteiger partial charge on any atom is 0.264 e. The van der Waals surface area contributed by atoms with Crippen molar-refractivity contribution in [3.63, 3.8) is 0 Å². The van der Waals surface area contributed by atoms with E-state index in [0.717, 1.165) is 0 Å². The fourth-order valence-corrected chi connectivity index (χ4v) is 2.42. The summed E-state index contributed by atoms with van der Waals surface area (Å²) in [4.78, 5) is 3.76. The predicted molar refractivity (Wildman–Crippen MR) is 67.7 cm³/mol. The zero-order chi connectivity index (χ0) is 13.9. The number of aliphatic hydroxyl groups is 1. The largest absolute Gasteiger partial charge is 0.389 e. The number of hydrogen-bond donors (Lipinski definition) is 2. The molecule has 1 heterocycles. The van der Waals surface area contributed by atoms with Crippen LogP contribution in [0.15, 0.2) is 41.6 Å². The lowest BCUT2D eigenvalue weighted by atomic mass is 10.1. The lowest BCUT2D eigenvalue weighted by Crippen LogP contribution is -2.15. The van der Waals surface area contributed by atoms with Gasteiger partial charge in [-0.25, -0.2) is 18.1 Å². The summed E-state index contributed by atoms with van der Waals surface area (Å²) in [6.45, 7) is 1.56. The van der Waals surface area contributed by atoms with Gasteiger partial charge in [0.15, 0.2) is 0 Å². The van der Waals surface area contributed by atoms with Gasteiger partial charge in [-0.1, -0.05) is 12.1 Å². The first-order valence-electron chi connectivity index (χ1n) is 5.43. The van der Waals surface area contributed by atoms with Crippen molar-refractivity contribution in [2.45, 2.75) is 17.9 Å². The van der Waals surface area contributed by atoms with Crippen molar-refractivity contribution in [2.75, 3.05) is 4.72 Å². The maximum absolute atomic E-state index is 12.1. The normalized spacial score (nSPS) is 12.9. The van der Waals surface area contributed by atoms with E-state index in [1.54, 1.807) is 19.1 Å². The van der Waals surface area contributed by atoms with E-state index in [4.69, 9.17) is 0 Å². The van der Waals surface area contributed by atoms with Crippen LogP contribution in [-0.4, -0.2) is 28.7 Å². The first kappa shape index (κ1) is 13.4. The quantitative estimate of drug-likeness (QED) is 0.855. The maximum atomic E-state index is 12.1. The number of anilines is 1. The monoisotopic (exact) mass is 280 g/mol. The molecule has 0 fully saturated rings. The predicted octanol–water partition coefficient (Wildman–Crippen LogP) is 0.726. The molecule has 0 saturated heterocycles. The molecule has 1 aromatic heterocycles. The summed E-state index contributed by atoms with van der Waals surface area (Å²) < 4.78 is 26.4. The highest BCUT2D eigenvalue weighted by Crippen LogP contribution is 2.18. The summed E-state index contributed by atoms with van der Waals surface area (Å²) >= 11 is 0. The van der Waals surface area contributed by atoms with Gasteiger partial charge in [-0.3, -0.25) is 0 Å². The Morgan fingerprint density at radius 3 is 2.74 bits per heavy atom. The van der Waals surface area contributed by atoms with Crippen LogP contribution in [0.2, 0.25) is 0 Å². The van der Waals surface area contributed by atoms with Crippen LogP contribution in [0.4, 0.5) is 5.95 Å². The second-order valence-corrected chi connectivity index (χ2v) is 5.50. The molecule has 0 amide bonds. The van der Waals surface area contributed by atoms with E-state index < -0.39 is 16.1 Å². The van der Waals surface area contributed by atoms with Crippen LogP contribution in [0.1, 0.15) is 18.6 Å². The molecule has 0 bridgehead atoms. The number of hydrogen-bond acceptors (Lipinski definition) is 6. The van der Waals surface area contributed by atoms with Crippen LogP contribution in [0, 0.1) is 0 Å². The number of nitrogens with zero attached hydrogens (tertiary/aromatic N) is 3. The van der Waals surface area contributed by atoms with Gasteiger partial charge in [0.05, 0.1) is 23.4 Å². The van der Waals surface area contributed by atoms with Crippen LogP contribution >= 0.6 is 0 Å². The van der Waals surface area contributed by atoms with Gasteiger partial charge in [0.25, 0.3) is 16.0 Å². The molecule has 19 heavy (non-hydrogen) atoms. The van der Waals surface area contributed by atoms with Crippen molar-refractivity contribution in [1.82, 2.24) is 15.2 Å². The molecule has 0 saturated carbocycles. The minimum atomic E-state index is -3.80. The van der Waals surface area contributed by atoms with Crippen LogP contribution in [0.25, 0.3) is 0 Å². The Morgan fingerprint density at radius 2 is 2.11 bits per heavy atom. The van der Waals surface area contributed by atoms with E-state index in [-0.39, 0.29) is 10.8 Å². The summed E-state index contributed by atoms with van der Waals surface area (Å²) in [6, 6.07) is 6.01. The summed E-state index contributed by atoms with van der Waals surface area (Å²) in [5.41, 5.74) is 0.509. The minimum Gasteiger partial charge on any atom is -0.389 e. The third-order valence-electron chi connectivity index (χ3n) is 2.36. The SMILES string of the molecule is CC(O)c1cccc(S(=O)(=O)Nc2nccnn2)c1. The van der Waals surface area contributed by atoms with Crippen molar-refractivity contribution in [1.29, 1.82) is 0 Å². The van der Waals surface area contributed by atoms with Gasteiger partial charge in [0, 0.05) is 0 Å². The summed E-state index contributed by atoms with van der Waals surface area (Å²) in [7, 11) is -3.80. The average molecular weight is 280 g/mol. The summed E-state index contributed by atoms with van der Waals surface area (Å²) in [6.07, 6.45) is 1.92. The molecular formula is C11H12N4O3S. The molecule has 7 nitrogen and oxygen atoms in total. The molecule has 0 spiro atoms. The highest BCUT2D eigenvalue weighted by molar-refractivity contribution is 7.92. The smallest absolute Gasteiger partial charge is 0.264 e. The van der Waals surface area contributed by atoms with Crippen LogP contribution in [0.3, 0.4) is 0 Å². The molecule has 2 aromatic rings. The molecule has 8 heteroatoms. The van der Waals surface area contributed by atoms with E-state index in [0.29, 0.717) is 5.56 Å². The zero-order valence-corrected chi connectivity index (χ0v) is 10.9. The third-order valence-corrected chi connectivity index (χ3v) is 3.68. The Hall–Kier alpha value is -2.06. The molecule has 0 radical (unpaired) electrons.